The van der Waals surface area contributed by atoms with Crippen LogP contribution >= 0.6 is 0 Å². The molecule has 0 aliphatic carbocycles. The van der Waals surface area contributed by atoms with E-state index in [0.717, 1.165) is 37.5 Å². The van der Waals surface area contributed by atoms with E-state index in [0.29, 0.717) is 6.04 Å². The number of aryl methyl sites for hydroxylation is 2. The Balaban J connectivity index is 2.53. The Morgan fingerprint density at radius 3 is 2.73 bits per heavy atom. The minimum absolute atomic E-state index is 0.538. The molecule has 0 radical (unpaired) electrons. The van der Waals surface area contributed by atoms with E-state index in [1.165, 1.54) is 0 Å². The molecule has 1 atom stereocenters. The number of hydrogen-bond donors (Lipinski definition) is 1. The maximum absolute atomic E-state index is 4.50. The molecule has 0 spiro atoms. The Hall–Kier alpha value is -0.900. The van der Waals surface area contributed by atoms with Crippen molar-refractivity contribution in [3.63, 3.8) is 0 Å². The van der Waals surface area contributed by atoms with Crippen LogP contribution in [-0.2, 0) is 20.0 Å². The van der Waals surface area contributed by atoms with Crippen LogP contribution in [-0.4, -0.2) is 20.8 Å². The molecule has 1 heterocycles. The van der Waals surface area contributed by atoms with Gasteiger partial charge in [0.2, 0.25) is 0 Å². The summed E-state index contributed by atoms with van der Waals surface area (Å²) in [6.45, 7) is 7.32. The summed E-state index contributed by atoms with van der Waals surface area (Å²) in [6, 6.07) is 0.538. The predicted octanol–water partition coefficient (Wildman–Crippen LogP) is 1.66. The fourth-order valence-corrected chi connectivity index (χ4v) is 1.37. The Morgan fingerprint density at radius 1 is 1.40 bits per heavy atom. The van der Waals surface area contributed by atoms with Crippen molar-refractivity contribution < 1.29 is 0 Å². The number of aromatic nitrogens is 3. The van der Waals surface area contributed by atoms with Gasteiger partial charge in [-0.2, -0.15) is 5.10 Å². The van der Waals surface area contributed by atoms with Gasteiger partial charge in [-0.1, -0.05) is 13.8 Å². The largest absolute Gasteiger partial charge is 0.307 e. The average Bonchev–Trinajstić information content (AvgIpc) is 2.56. The van der Waals surface area contributed by atoms with Crippen LogP contribution in [0.25, 0.3) is 0 Å². The first-order valence-electron chi connectivity index (χ1n) is 5.79. The average molecular weight is 210 g/mol. The van der Waals surface area contributed by atoms with E-state index in [2.05, 4.69) is 36.2 Å². The smallest absolute Gasteiger partial charge is 0.150 e. The Bertz CT molecular complexity index is 293. The fraction of sp³-hybridized carbons (Fsp3) is 0.818. The summed E-state index contributed by atoms with van der Waals surface area (Å²) in [5, 5.41) is 7.79. The van der Waals surface area contributed by atoms with E-state index in [-0.39, 0.29) is 0 Å². The molecule has 0 amide bonds. The lowest BCUT2D eigenvalue weighted by Crippen LogP contribution is -2.26. The molecular weight excluding hydrogens is 188 g/mol. The van der Waals surface area contributed by atoms with Crippen LogP contribution in [0.3, 0.4) is 0 Å². The second kappa shape index (κ2) is 5.85. The van der Waals surface area contributed by atoms with Gasteiger partial charge in [-0.15, -0.1) is 0 Å². The Morgan fingerprint density at radius 2 is 2.13 bits per heavy atom. The van der Waals surface area contributed by atoms with Crippen LogP contribution in [0.4, 0.5) is 0 Å². The summed E-state index contributed by atoms with van der Waals surface area (Å²) in [5.41, 5.74) is 0. The zero-order valence-electron chi connectivity index (χ0n) is 10.2. The Kier molecular flexibility index (Phi) is 4.75. The van der Waals surface area contributed by atoms with Gasteiger partial charge < -0.3 is 5.32 Å². The molecular formula is C11H22N4. The maximum atomic E-state index is 4.50. The minimum Gasteiger partial charge on any atom is -0.307 e. The summed E-state index contributed by atoms with van der Waals surface area (Å²) in [4.78, 5) is 4.50. The molecule has 0 saturated carbocycles. The number of rotatable bonds is 6. The second-order valence-electron chi connectivity index (χ2n) is 4.01. The van der Waals surface area contributed by atoms with Crippen molar-refractivity contribution in [1.82, 2.24) is 20.1 Å². The van der Waals surface area contributed by atoms with Gasteiger partial charge in [-0.3, -0.25) is 4.68 Å². The lowest BCUT2D eigenvalue weighted by Gasteiger charge is -2.09. The van der Waals surface area contributed by atoms with Crippen LogP contribution in [0.15, 0.2) is 0 Å². The molecule has 86 valence electrons. The molecule has 0 saturated heterocycles. The summed E-state index contributed by atoms with van der Waals surface area (Å²) in [5.74, 6) is 1.99. The molecule has 15 heavy (non-hydrogen) atoms. The van der Waals surface area contributed by atoms with E-state index in [1.54, 1.807) is 0 Å². The van der Waals surface area contributed by atoms with Gasteiger partial charge in [-0.25, -0.2) is 4.98 Å². The van der Waals surface area contributed by atoms with Crippen LogP contribution in [0, 0.1) is 0 Å². The summed E-state index contributed by atoms with van der Waals surface area (Å²) >= 11 is 0. The van der Waals surface area contributed by atoms with E-state index in [1.807, 2.05) is 11.7 Å². The van der Waals surface area contributed by atoms with E-state index >= 15 is 0 Å². The van der Waals surface area contributed by atoms with Crippen molar-refractivity contribution in [1.29, 1.82) is 0 Å². The lowest BCUT2D eigenvalue weighted by molar-refractivity contribution is 0.510. The van der Waals surface area contributed by atoms with Crippen molar-refractivity contribution in [3.05, 3.63) is 11.6 Å². The third-order valence-electron chi connectivity index (χ3n) is 2.59. The zero-order chi connectivity index (χ0) is 11.3. The van der Waals surface area contributed by atoms with Crippen LogP contribution < -0.4 is 5.32 Å². The van der Waals surface area contributed by atoms with Gasteiger partial charge >= 0.3 is 0 Å². The van der Waals surface area contributed by atoms with Gasteiger partial charge in [0.05, 0.1) is 6.54 Å². The molecule has 4 nitrogen and oxygen atoms in total. The number of hydrogen-bond acceptors (Lipinski definition) is 3. The SMILES string of the molecule is CCCc1nc(CNC(C)CC)n(C)n1. The van der Waals surface area contributed by atoms with Crippen LogP contribution in [0.5, 0.6) is 0 Å². The third-order valence-corrected chi connectivity index (χ3v) is 2.59. The molecule has 1 unspecified atom stereocenters. The Labute approximate surface area is 92.1 Å². The summed E-state index contributed by atoms with van der Waals surface area (Å²) in [6.07, 6.45) is 3.21. The molecule has 1 aromatic rings. The molecule has 1 N–H and O–H groups in total. The van der Waals surface area contributed by atoms with Crippen molar-refractivity contribution in [2.75, 3.05) is 0 Å². The molecule has 0 aromatic carbocycles. The zero-order valence-corrected chi connectivity index (χ0v) is 10.2. The molecule has 0 bridgehead atoms. The fourth-order valence-electron chi connectivity index (χ4n) is 1.37. The monoisotopic (exact) mass is 210 g/mol. The number of nitrogens with one attached hydrogen (secondary N) is 1. The van der Waals surface area contributed by atoms with Gasteiger partial charge in [0.15, 0.2) is 5.82 Å². The highest BCUT2D eigenvalue weighted by Crippen LogP contribution is 2.00. The van der Waals surface area contributed by atoms with Gasteiger partial charge in [0, 0.05) is 19.5 Å². The van der Waals surface area contributed by atoms with Crippen LogP contribution in [0.1, 0.15) is 45.3 Å². The first-order chi connectivity index (χ1) is 7.17. The number of nitrogens with zero attached hydrogens (tertiary/aromatic N) is 3. The normalized spacial score (nSPS) is 13.1. The van der Waals surface area contributed by atoms with Gasteiger partial charge in [0.1, 0.15) is 5.82 Å². The van der Waals surface area contributed by atoms with E-state index in [9.17, 15) is 0 Å². The third kappa shape index (κ3) is 3.63. The van der Waals surface area contributed by atoms with Gasteiger partial charge in [0.25, 0.3) is 0 Å². The highest BCUT2D eigenvalue weighted by molar-refractivity contribution is 4.92. The lowest BCUT2D eigenvalue weighted by atomic mass is 10.2. The topological polar surface area (TPSA) is 42.7 Å². The predicted molar refractivity (Wildman–Crippen MR) is 61.6 cm³/mol. The van der Waals surface area contributed by atoms with Crippen molar-refractivity contribution >= 4 is 0 Å². The van der Waals surface area contributed by atoms with E-state index < -0.39 is 0 Å². The quantitative estimate of drug-likeness (QED) is 0.776. The minimum atomic E-state index is 0.538. The first kappa shape index (κ1) is 12.2. The van der Waals surface area contributed by atoms with Crippen molar-refractivity contribution in [2.24, 2.45) is 7.05 Å². The standard InChI is InChI=1S/C11H22N4/c1-5-7-10-13-11(15(4)14-10)8-12-9(3)6-2/h9,12H,5-8H2,1-4H3. The summed E-state index contributed by atoms with van der Waals surface area (Å²) in [7, 11) is 1.96. The molecule has 4 heteroatoms. The molecule has 0 aliphatic rings. The second-order valence-corrected chi connectivity index (χ2v) is 4.01. The maximum Gasteiger partial charge on any atom is 0.150 e. The summed E-state index contributed by atoms with van der Waals surface area (Å²) < 4.78 is 1.88. The molecule has 0 fully saturated rings. The molecule has 1 aromatic heterocycles. The van der Waals surface area contributed by atoms with Gasteiger partial charge in [-0.05, 0) is 19.8 Å². The first-order valence-corrected chi connectivity index (χ1v) is 5.79. The van der Waals surface area contributed by atoms with Crippen molar-refractivity contribution in [2.45, 2.75) is 52.6 Å². The van der Waals surface area contributed by atoms with Crippen molar-refractivity contribution in [3.8, 4) is 0 Å². The highest BCUT2D eigenvalue weighted by atomic mass is 15.3. The molecule has 1 rings (SSSR count). The van der Waals surface area contributed by atoms with E-state index in [4.69, 9.17) is 0 Å². The van der Waals surface area contributed by atoms with Crippen LogP contribution in [0.2, 0.25) is 0 Å². The highest BCUT2D eigenvalue weighted by Gasteiger charge is 2.07. The molecule has 0 aliphatic heterocycles.